The molecule has 0 aliphatic rings. The van der Waals surface area contributed by atoms with Crippen LogP contribution in [0.5, 0.6) is 0 Å². The molecule has 0 fully saturated rings. The average Bonchev–Trinajstić information content (AvgIpc) is 2.95. The summed E-state index contributed by atoms with van der Waals surface area (Å²) >= 11 is 0. The largest absolute Gasteiger partial charge is 0.465 e. The number of aromatic nitrogens is 2. The minimum Gasteiger partial charge on any atom is -0.465 e. The number of rotatable bonds is 5. The van der Waals surface area contributed by atoms with Crippen LogP contribution in [0.1, 0.15) is 60.9 Å². The summed E-state index contributed by atoms with van der Waals surface area (Å²) in [6, 6.07) is 3.01. The summed E-state index contributed by atoms with van der Waals surface area (Å²) in [6.07, 6.45) is 1.99. The first kappa shape index (κ1) is 20.4. The van der Waals surface area contributed by atoms with Gasteiger partial charge < -0.3 is 10.1 Å². The zero-order valence-corrected chi connectivity index (χ0v) is 16.8. The van der Waals surface area contributed by atoms with Crippen molar-refractivity contribution in [3.05, 3.63) is 50.8 Å². The number of nitrogens with one attached hydrogen (secondary N) is 1. The molecule has 0 saturated carbocycles. The molecule has 0 aliphatic heterocycles. The zero-order chi connectivity index (χ0) is 20.5. The molecule has 1 unspecified atom stereocenters. The Balaban J connectivity index is 2.40. The molecule has 0 aliphatic carbocycles. The number of hydrogen-bond acceptors (Lipinski definition) is 6. The smallest absolute Gasteiger partial charge is 0.344 e. The number of anilines is 1. The van der Waals surface area contributed by atoms with E-state index in [1.54, 1.807) is 13.0 Å². The molecule has 8 nitrogen and oxygen atoms in total. The number of esters is 1. The Morgan fingerprint density at radius 1 is 1.33 bits per heavy atom. The van der Waals surface area contributed by atoms with Gasteiger partial charge in [0.1, 0.15) is 5.56 Å². The molecule has 1 heterocycles. The summed E-state index contributed by atoms with van der Waals surface area (Å²) in [5.74, 6) is -0.738. The van der Waals surface area contributed by atoms with Crippen LogP contribution in [0.2, 0.25) is 0 Å². The van der Waals surface area contributed by atoms with Crippen LogP contribution in [0.15, 0.2) is 18.3 Å². The van der Waals surface area contributed by atoms with Gasteiger partial charge in [-0.3, -0.25) is 14.8 Å². The van der Waals surface area contributed by atoms with Crippen molar-refractivity contribution >= 4 is 17.3 Å². The monoisotopic (exact) mass is 374 g/mol. The van der Waals surface area contributed by atoms with Crippen LogP contribution >= 0.6 is 0 Å². The second-order valence-electron chi connectivity index (χ2n) is 7.59. The Hall–Kier alpha value is -2.90. The molecule has 27 heavy (non-hydrogen) atoms. The highest BCUT2D eigenvalue weighted by Gasteiger charge is 2.25. The van der Waals surface area contributed by atoms with Gasteiger partial charge in [-0.2, -0.15) is 5.10 Å². The zero-order valence-electron chi connectivity index (χ0n) is 16.8. The van der Waals surface area contributed by atoms with Gasteiger partial charge in [0.15, 0.2) is 0 Å². The number of nitro groups is 1. The third-order valence-electron chi connectivity index (χ3n) is 4.36. The molecular formula is C19H26N4O4. The molecule has 0 saturated heterocycles. The number of ether oxygens (including phenoxy) is 1. The van der Waals surface area contributed by atoms with Crippen LogP contribution in [-0.2, 0) is 10.3 Å². The van der Waals surface area contributed by atoms with Gasteiger partial charge in [0, 0.05) is 23.0 Å². The molecule has 1 atom stereocenters. The normalized spacial score (nSPS) is 12.6. The van der Waals surface area contributed by atoms with E-state index >= 15 is 0 Å². The predicted molar refractivity (Wildman–Crippen MR) is 103 cm³/mol. The van der Waals surface area contributed by atoms with Crippen LogP contribution in [0.3, 0.4) is 0 Å². The third-order valence-corrected chi connectivity index (χ3v) is 4.36. The first-order valence-electron chi connectivity index (χ1n) is 8.66. The topological polar surface area (TPSA) is 99.3 Å². The lowest BCUT2D eigenvalue weighted by molar-refractivity contribution is -0.385. The highest BCUT2D eigenvalue weighted by molar-refractivity contribution is 5.95. The minimum absolute atomic E-state index is 0.0701. The van der Waals surface area contributed by atoms with Gasteiger partial charge in [-0.05, 0) is 53.7 Å². The van der Waals surface area contributed by atoms with Gasteiger partial charge in [-0.25, -0.2) is 4.79 Å². The van der Waals surface area contributed by atoms with Crippen molar-refractivity contribution in [2.24, 2.45) is 0 Å². The van der Waals surface area contributed by atoms with Crippen LogP contribution in [0.25, 0.3) is 0 Å². The second-order valence-corrected chi connectivity index (χ2v) is 7.59. The number of benzene rings is 1. The summed E-state index contributed by atoms with van der Waals surface area (Å²) in [5, 5.41) is 19.2. The lowest BCUT2D eigenvalue weighted by Gasteiger charge is -2.19. The molecular weight excluding hydrogens is 348 g/mol. The molecule has 8 heteroatoms. The molecule has 0 amide bonds. The Bertz CT molecular complexity index is 881. The van der Waals surface area contributed by atoms with Gasteiger partial charge in [-0.1, -0.05) is 0 Å². The number of aryl methyl sites for hydroxylation is 2. The van der Waals surface area contributed by atoms with Crippen molar-refractivity contribution < 1.29 is 14.5 Å². The number of carbonyl (C=O) groups excluding carboxylic acids is 1. The fourth-order valence-corrected chi connectivity index (χ4v) is 2.94. The van der Waals surface area contributed by atoms with Gasteiger partial charge in [0.05, 0.1) is 29.3 Å². The summed E-state index contributed by atoms with van der Waals surface area (Å²) in [6.45, 7) is 11.7. The SMILES string of the molecule is COC(=O)c1cc(NC(C)c2cn(C(C)(C)C)nc2C)cc(C)c1[N+](=O)[O-]. The molecule has 0 bridgehead atoms. The Labute approximate surface area is 158 Å². The molecule has 146 valence electrons. The van der Waals surface area contributed by atoms with E-state index < -0.39 is 10.9 Å². The molecule has 2 aromatic rings. The van der Waals surface area contributed by atoms with Crippen molar-refractivity contribution in [1.29, 1.82) is 0 Å². The number of methoxy groups -OCH3 is 1. The molecule has 1 aromatic carbocycles. The van der Waals surface area contributed by atoms with Gasteiger partial charge in [-0.15, -0.1) is 0 Å². The summed E-state index contributed by atoms with van der Waals surface area (Å²) in [5.41, 5.74) is 2.46. The standard InChI is InChI=1S/C19H26N4O4/c1-11-8-14(9-15(18(24)27-7)17(11)23(25)26)20-12(2)16-10-22(19(4,5)6)21-13(16)3/h8-10,12,20H,1-7H3. The lowest BCUT2D eigenvalue weighted by atomic mass is 10.0. The van der Waals surface area contributed by atoms with Crippen molar-refractivity contribution in [3.8, 4) is 0 Å². The van der Waals surface area contributed by atoms with E-state index in [4.69, 9.17) is 4.74 Å². The summed E-state index contributed by atoms with van der Waals surface area (Å²) in [4.78, 5) is 22.8. The Morgan fingerprint density at radius 2 is 1.96 bits per heavy atom. The first-order valence-corrected chi connectivity index (χ1v) is 8.66. The number of hydrogen-bond donors (Lipinski definition) is 1. The van der Waals surface area contributed by atoms with Crippen molar-refractivity contribution in [2.75, 3.05) is 12.4 Å². The number of carbonyl (C=O) groups is 1. The van der Waals surface area contributed by atoms with Crippen LogP contribution < -0.4 is 5.32 Å². The van der Waals surface area contributed by atoms with Gasteiger partial charge in [0.2, 0.25) is 0 Å². The number of nitro benzene ring substituents is 1. The van der Waals surface area contributed by atoms with E-state index in [0.717, 1.165) is 11.3 Å². The highest BCUT2D eigenvalue weighted by atomic mass is 16.6. The summed E-state index contributed by atoms with van der Waals surface area (Å²) < 4.78 is 6.62. The van der Waals surface area contributed by atoms with E-state index in [0.29, 0.717) is 11.3 Å². The Morgan fingerprint density at radius 3 is 2.44 bits per heavy atom. The van der Waals surface area contributed by atoms with Crippen molar-refractivity contribution in [2.45, 2.75) is 53.1 Å². The maximum atomic E-state index is 12.0. The fraction of sp³-hybridized carbons (Fsp3) is 0.474. The van der Waals surface area contributed by atoms with E-state index in [9.17, 15) is 14.9 Å². The van der Waals surface area contributed by atoms with E-state index in [1.165, 1.54) is 13.2 Å². The maximum absolute atomic E-state index is 12.0. The quantitative estimate of drug-likeness (QED) is 0.480. The highest BCUT2D eigenvalue weighted by Crippen LogP contribution is 2.31. The lowest BCUT2D eigenvalue weighted by Crippen LogP contribution is -2.22. The molecule has 2 rings (SSSR count). The minimum atomic E-state index is -0.738. The first-order chi connectivity index (χ1) is 12.5. The van der Waals surface area contributed by atoms with E-state index in [2.05, 4.69) is 31.2 Å². The second kappa shape index (κ2) is 7.38. The van der Waals surface area contributed by atoms with Crippen LogP contribution in [0.4, 0.5) is 11.4 Å². The van der Waals surface area contributed by atoms with E-state index in [1.807, 2.05) is 24.7 Å². The van der Waals surface area contributed by atoms with Crippen LogP contribution in [-0.4, -0.2) is 27.8 Å². The molecule has 1 aromatic heterocycles. The van der Waals surface area contributed by atoms with Gasteiger partial charge in [0.25, 0.3) is 5.69 Å². The third kappa shape index (κ3) is 4.27. The Kier molecular flexibility index (Phi) is 5.58. The number of nitrogens with zero attached hydrogens (tertiary/aromatic N) is 3. The average molecular weight is 374 g/mol. The van der Waals surface area contributed by atoms with Crippen molar-refractivity contribution in [3.63, 3.8) is 0 Å². The van der Waals surface area contributed by atoms with E-state index in [-0.39, 0.29) is 22.8 Å². The fourth-order valence-electron chi connectivity index (χ4n) is 2.94. The summed E-state index contributed by atoms with van der Waals surface area (Å²) in [7, 11) is 1.20. The maximum Gasteiger partial charge on any atom is 0.344 e. The van der Waals surface area contributed by atoms with Crippen molar-refractivity contribution in [1.82, 2.24) is 9.78 Å². The predicted octanol–water partition coefficient (Wildman–Crippen LogP) is 4.12. The van der Waals surface area contributed by atoms with Crippen LogP contribution in [0, 0.1) is 24.0 Å². The molecule has 0 radical (unpaired) electrons. The molecule has 1 N–H and O–H groups in total. The molecule has 0 spiro atoms. The van der Waals surface area contributed by atoms with Gasteiger partial charge >= 0.3 is 5.97 Å².